The Balaban J connectivity index is 2.13. The van der Waals surface area contributed by atoms with Gasteiger partial charge in [-0.05, 0) is 34.6 Å². The first-order valence-corrected chi connectivity index (χ1v) is 8.35. The second kappa shape index (κ2) is 7.43. The first kappa shape index (κ1) is 20.5. The summed E-state index contributed by atoms with van der Waals surface area (Å²) in [7, 11) is 0. The molecule has 0 aromatic carbocycles. The van der Waals surface area contributed by atoms with E-state index in [-0.39, 0.29) is 13.2 Å². The molecular weight excluding hydrogens is 336 g/mol. The van der Waals surface area contributed by atoms with Gasteiger partial charge in [0.05, 0.1) is 13.2 Å². The van der Waals surface area contributed by atoms with Crippen LogP contribution in [0.25, 0.3) is 0 Å². The third-order valence-corrected chi connectivity index (χ3v) is 4.10. The van der Waals surface area contributed by atoms with Gasteiger partial charge in [0.1, 0.15) is 30.5 Å². The predicted octanol–water partition coefficient (Wildman–Crippen LogP) is -0.696. The number of ether oxygens (including phenoxy) is 5. The number of hydrogen-bond acceptors (Lipinski definition) is 9. The lowest BCUT2D eigenvalue weighted by atomic mass is 9.96. The van der Waals surface area contributed by atoms with Gasteiger partial charge in [-0.15, -0.1) is 0 Å². The van der Waals surface area contributed by atoms with Gasteiger partial charge in [0.25, 0.3) is 0 Å². The van der Waals surface area contributed by atoms with Crippen molar-refractivity contribution in [1.82, 2.24) is 0 Å². The summed E-state index contributed by atoms with van der Waals surface area (Å²) < 4.78 is 27.1. The molecule has 2 aliphatic heterocycles. The second-order valence-corrected chi connectivity index (χ2v) is 7.11. The standard InChI is InChI=1S/C16H28O9/c1-6-21-14(20)11(19)10(18)13-12(24-16(4,5)25-13)9(17)8-7-22-15(2,3)23-8/h8-13,17-19H,6-7H2,1-5H3/t8-,9-,10?,11?,12+,13-/m1/s1. The Hall–Kier alpha value is -0.810. The normalized spacial score (nSPS) is 34.5. The molecule has 2 heterocycles. The molecule has 25 heavy (non-hydrogen) atoms. The van der Waals surface area contributed by atoms with Crippen LogP contribution >= 0.6 is 0 Å². The highest BCUT2D eigenvalue weighted by Gasteiger charge is 2.53. The lowest BCUT2D eigenvalue weighted by molar-refractivity contribution is -0.180. The van der Waals surface area contributed by atoms with Gasteiger partial charge >= 0.3 is 5.97 Å². The smallest absolute Gasteiger partial charge is 0.337 e. The summed E-state index contributed by atoms with van der Waals surface area (Å²) in [6.07, 6.45) is -7.55. The van der Waals surface area contributed by atoms with Crippen LogP contribution in [0.2, 0.25) is 0 Å². The molecule has 2 unspecified atom stereocenters. The van der Waals surface area contributed by atoms with E-state index in [1.165, 1.54) is 0 Å². The van der Waals surface area contributed by atoms with Gasteiger partial charge in [-0.3, -0.25) is 0 Å². The maximum Gasteiger partial charge on any atom is 0.337 e. The average Bonchev–Trinajstić information content (AvgIpc) is 3.04. The van der Waals surface area contributed by atoms with E-state index >= 15 is 0 Å². The maximum atomic E-state index is 11.7. The summed E-state index contributed by atoms with van der Waals surface area (Å²) in [5, 5.41) is 31.0. The van der Waals surface area contributed by atoms with Crippen LogP contribution in [0, 0.1) is 0 Å². The van der Waals surface area contributed by atoms with E-state index in [9.17, 15) is 20.1 Å². The topological polar surface area (TPSA) is 124 Å². The molecule has 2 aliphatic rings. The monoisotopic (exact) mass is 364 g/mol. The molecule has 0 aliphatic carbocycles. The fraction of sp³-hybridized carbons (Fsp3) is 0.938. The molecule has 0 radical (unpaired) electrons. The summed E-state index contributed by atoms with van der Waals surface area (Å²) in [5.41, 5.74) is 0. The molecule has 3 N–H and O–H groups in total. The zero-order chi connectivity index (χ0) is 19.0. The third kappa shape index (κ3) is 4.68. The lowest BCUT2D eigenvalue weighted by Crippen LogP contribution is -2.53. The zero-order valence-corrected chi connectivity index (χ0v) is 15.2. The molecule has 2 fully saturated rings. The van der Waals surface area contributed by atoms with Crippen molar-refractivity contribution in [3.8, 4) is 0 Å². The number of carbonyl (C=O) groups is 1. The average molecular weight is 364 g/mol. The SMILES string of the molecule is CCOC(=O)C(O)C(O)[C@H]1OC(C)(C)O[C@H]1[C@H](O)[C@H]1COC(C)(C)O1. The Morgan fingerprint density at radius 1 is 1.08 bits per heavy atom. The Kier molecular flexibility index (Phi) is 6.10. The van der Waals surface area contributed by atoms with Gasteiger partial charge in [0.15, 0.2) is 17.7 Å². The highest BCUT2D eigenvalue weighted by molar-refractivity contribution is 5.75. The van der Waals surface area contributed by atoms with Crippen LogP contribution in [-0.2, 0) is 28.5 Å². The van der Waals surface area contributed by atoms with Gasteiger partial charge in [0, 0.05) is 0 Å². The van der Waals surface area contributed by atoms with E-state index in [4.69, 9.17) is 23.7 Å². The van der Waals surface area contributed by atoms with E-state index in [2.05, 4.69) is 0 Å². The molecular formula is C16H28O9. The number of rotatable bonds is 6. The van der Waals surface area contributed by atoms with Crippen molar-refractivity contribution in [3.05, 3.63) is 0 Å². The maximum absolute atomic E-state index is 11.7. The van der Waals surface area contributed by atoms with Crippen molar-refractivity contribution in [3.63, 3.8) is 0 Å². The van der Waals surface area contributed by atoms with Gasteiger partial charge < -0.3 is 39.0 Å². The van der Waals surface area contributed by atoms with Crippen LogP contribution in [0.15, 0.2) is 0 Å². The molecule has 0 bridgehead atoms. The zero-order valence-electron chi connectivity index (χ0n) is 15.2. The fourth-order valence-electron chi connectivity index (χ4n) is 2.99. The first-order chi connectivity index (χ1) is 11.5. The Bertz CT molecular complexity index is 478. The summed E-state index contributed by atoms with van der Waals surface area (Å²) in [4.78, 5) is 11.7. The molecule has 0 aromatic heterocycles. The molecule has 9 heteroatoms. The largest absolute Gasteiger partial charge is 0.464 e. The summed E-state index contributed by atoms with van der Waals surface area (Å²) in [5.74, 6) is -2.95. The third-order valence-electron chi connectivity index (χ3n) is 4.10. The van der Waals surface area contributed by atoms with Crippen molar-refractivity contribution in [2.45, 2.75) is 82.8 Å². The van der Waals surface area contributed by atoms with Crippen LogP contribution in [-0.4, -0.2) is 82.7 Å². The van der Waals surface area contributed by atoms with Crippen molar-refractivity contribution >= 4 is 5.97 Å². The van der Waals surface area contributed by atoms with Crippen LogP contribution in [0.4, 0.5) is 0 Å². The molecule has 0 spiro atoms. The molecule has 2 saturated heterocycles. The highest BCUT2D eigenvalue weighted by Crippen LogP contribution is 2.36. The summed E-state index contributed by atoms with van der Waals surface area (Å²) in [6, 6.07) is 0. The Morgan fingerprint density at radius 3 is 2.20 bits per heavy atom. The van der Waals surface area contributed by atoms with Crippen molar-refractivity contribution in [1.29, 1.82) is 0 Å². The molecule has 0 aromatic rings. The van der Waals surface area contributed by atoms with Crippen molar-refractivity contribution in [2.24, 2.45) is 0 Å². The molecule has 6 atom stereocenters. The minimum absolute atomic E-state index is 0.0600. The van der Waals surface area contributed by atoms with E-state index in [1.807, 2.05) is 0 Å². The minimum Gasteiger partial charge on any atom is -0.464 e. The first-order valence-electron chi connectivity index (χ1n) is 8.35. The van der Waals surface area contributed by atoms with E-state index in [1.54, 1.807) is 34.6 Å². The highest BCUT2D eigenvalue weighted by atomic mass is 16.8. The second-order valence-electron chi connectivity index (χ2n) is 7.11. The number of hydrogen-bond donors (Lipinski definition) is 3. The van der Waals surface area contributed by atoms with Gasteiger partial charge in [-0.1, -0.05) is 0 Å². The summed E-state index contributed by atoms with van der Waals surface area (Å²) in [6.45, 7) is 8.42. The van der Waals surface area contributed by atoms with Gasteiger partial charge in [-0.2, -0.15) is 0 Å². The number of esters is 1. The van der Waals surface area contributed by atoms with E-state index in [0.717, 1.165) is 0 Å². The van der Waals surface area contributed by atoms with Crippen LogP contribution < -0.4 is 0 Å². The summed E-state index contributed by atoms with van der Waals surface area (Å²) >= 11 is 0. The molecule has 0 saturated carbocycles. The predicted molar refractivity (Wildman–Crippen MR) is 83.4 cm³/mol. The van der Waals surface area contributed by atoms with E-state index in [0.29, 0.717) is 0 Å². The van der Waals surface area contributed by atoms with Gasteiger partial charge in [-0.25, -0.2) is 4.79 Å². The molecule has 2 rings (SSSR count). The Labute approximate surface area is 146 Å². The Morgan fingerprint density at radius 2 is 1.68 bits per heavy atom. The molecule has 146 valence electrons. The fourth-order valence-corrected chi connectivity index (χ4v) is 2.99. The number of aliphatic hydroxyl groups is 3. The molecule has 9 nitrogen and oxygen atoms in total. The van der Waals surface area contributed by atoms with Crippen LogP contribution in [0.1, 0.15) is 34.6 Å². The van der Waals surface area contributed by atoms with E-state index < -0.39 is 54.2 Å². The number of carbonyl (C=O) groups excluding carboxylic acids is 1. The van der Waals surface area contributed by atoms with Crippen LogP contribution in [0.3, 0.4) is 0 Å². The van der Waals surface area contributed by atoms with Gasteiger partial charge in [0.2, 0.25) is 0 Å². The van der Waals surface area contributed by atoms with Crippen molar-refractivity contribution < 1.29 is 43.8 Å². The minimum atomic E-state index is -1.82. The quantitative estimate of drug-likeness (QED) is 0.525. The van der Waals surface area contributed by atoms with Crippen LogP contribution in [0.5, 0.6) is 0 Å². The van der Waals surface area contributed by atoms with Crippen molar-refractivity contribution in [2.75, 3.05) is 13.2 Å². The lowest BCUT2D eigenvalue weighted by Gasteiger charge is -2.30. The molecule has 0 amide bonds. The number of aliphatic hydroxyl groups excluding tert-OH is 3.